The molecule has 9 heteroatoms. The van der Waals surface area contributed by atoms with Gasteiger partial charge in [0.25, 0.3) is 5.91 Å². The molecule has 0 aromatic heterocycles. The fourth-order valence-electron chi connectivity index (χ4n) is 2.28. The van der Waals surface area contributed by atoms with E-state index in [-0.39, 0.29) is 6.10 Å². The van der Waals surface area contributed by atoms with Gasteiger partial charge in [-0.1, -0.05) is 17.7 Å². The number of ether oxygens (including phenoxy) is 1. The molecule has 0 aliphatic carbocycles. The Hall–Kier alpha value is -2.58. The summed E-state index contributed by atoms with van der Waals surface area (Å²) < 4.78 is 30.6. The first kappa shape index (κ1) is 21.7. The molecule has 0 saturated heterocycles. The Morgan fingerprint density at radius 1 is 1.25 bits per heavy atom. The van der Waals surface area contributed by atoms with Crippen LogP contribution in [-0.2, 0) is 14.8 Å². The number of hydrazone groups is 1. The lowest BCUT2D eigenvalue weighted by Crippen LogP contribution is -2.39. The predicted octanol–water partition coefficient (Wildman–Crippen LogP) is 3.04. The summed E-state index contributed by atoms with van der Waals surface area (Å²) in [5, 5.41) is 4.24. The molecule has 1 amide bonds. The number of carbonyl (C=O) groups excluding carboxylic acids is 1. The van der Waals surface area contributed by atoms with Gasteiger partial charge in [0.2, 0.25) is 10.0 Å². The second-order valence-corrected chi connectivity index (χ2v) is 8.62. The Labute approximate surface area is 170 Å². The van der Waals surface area contributed by atoms with Gasteiger partial charge in [0.1, 0.15) is 12.3 Å². The van der Waals surface area contributed by atoms with Crippen molar-refractivity contribution < 1.29 is 17.9 Å². The third-order valence-electron chi connectivity index (χ3n) is 3.44. The van der Waals surface area contributed by atoms with Gasteiger partial charge in [-0.3, -0.25) is 9.10 Å². The van der Waals surface area contributed by atoms with Crippen molar-refractivity contribution in [1.82, 2.24) is 5.43 Å². The lowest BCUT2D eigenvalue weighted by molar-refractivity contribution is -0.119. The minimum atomic E-state index is -3.67. The van der Waals surface area contributed by atoms with E-state index >= 15 is 0 Å². The Balaban J connectivity index is 2.00. The van der Waals surface area contributed by atoms with E-state index in [1.165, 1.54) is 12.3 Å². The zero-order chi connectivity index (χ0) is 20.7. The molecule has 7 nitrogen and oxygen atoms in total. The van der Waals surface area contributed by atoms with Crippen molar-refractivity contribution in [2.45, 2.75) is 20.0 Å². The second-order valence-electron chi connectivity index (χ2n) is 6.28. The van der Waals surface area contributed by atoms with Gasteiger partial charge in [-0.25, -0.2) is 13.8 Å². The highest BCUT2D eigenvalue weighted by Gasteiger charge is 2.20. The zero-order valence-corrected chi connectivity index (χ0v) is 17.4. The normalized spacial score (nSPS) is 11.6. The van der Waals surface area contributed by atoms with Crippen LogP contribution in [0.15, 0.2) is 53.6 Å². The van der Waals surface area contributed by atoms with Crippen LogP contribution in [0.25, 0.3) is 0 Å². The Morgan fingerprint density at radius 3 is 2.50 bits per heavy atom. The van der Waals surface area contributed by atoms with E-state index in [2.05, 4.69) is 10.5 Å². The van der Waals surface area contributed by atoms with Gasteiger partial charge < -0.3 is 4.74 Å². The summed E-state index contributed by atoms with van der Waals surface area (Å²) in [7, 11) is -3.67. The zero-order valence-electron chi connectivity index (χ0n) is 15.8. The van der Waals surface area contributed by atoms with Crippen LogP contribution in [0.2, 0.25) is 5.02 Å². The fourth-order valence-corrected chi connectivity index (χ4v) is 3.31. The number of nitrogens with one attached hydrogen (secondary N) is 1. The number of anilines is 1. The van der Waals surface area contributed by atoms with Crippen molar-refractivity contribution in [3.05, 3.63) is 59.1 Å². The third-order valence-corrected chi connectivity index (χ3v) is 4.81. The summed E-state index contributed by atoms with van der Waals surface area (Å²) in [6.07, 6.45) is 2.56. The predicted molar refractivity (Wildman–Crippen MR) is 112 cm³/mol. The van der Waals surface area contributed by atoms with E-state index < -0.39 is 22.5 Å². The van der Waals surface area contributed by atoms with Gasteiger partial charge in [-0.15, -0.1) is 0 Å². The van der Waals surface area contributed by atoms with Gasteiger partial charge in [0.15, 0.2) is 0 Å². The lowest BCUT2D eigenvalue weighted by atomic mass is 10.2. The monoisotopic (exact) mass is 423 g/mol. The van der Waals surface area contributed by atoms with E-state index in [9.17, 15) is 13.2 Å². The summed E-state index contributed by atoms with van der Waals surface area (Å²) >= 11 is 5.91. The van der Waals surface area contributed by atoms with Crippen LogP contribution in [-0.4, -0.2) is 39.4 Å². The van der Waals surface area contributed by atoms with Crippen molar-refractivity contribution in [3.63, 3.8) is 0 Å². The molecule has 0 fully saturated rings. The quantitative estimate of drug-likeness (QED) is 0.522. The number of benzene rings is 2. The number of sulfonamides is 1. The average molecular weight is 424 g/mol. The van der Waals surface area contributed by atoms with Crippen LogP contribution in [0.3, 0.4) is 0 Å². The highest BCUT2D eigenvalue weighted by molar-refractivity contribution is 7.92. The number of halogens is 1. The largest absolute Gasteiger partial charge is 0.491 e. The topological polar surface area (TPSA) is 88.1 Å². The maximum atomic E-state index is 12.1. The Bertz CT molecular complexity index is 944. The summed E-state index contributed by atoms with van der Waals surface area (Å²) in [5.74, 6) is 0.155. The van der Waals surface area contributed by atoms with Crippen molar-refractivity contribution in [3.8, 4) is 5.75 Å². The van der Waals surface area contributed by atoms with Crippen molar-refractivity contribution >= 4 is 39.4 Å². The van der Waals surface area contributed by atoms with Gasteiger partial charge in [0, 0.05) is 5.02 Å². The molecular weight excluding hydrogens is 402 g/mol. The van der Waals surface area contributed by atoms with Crippen LogP contribution >= 0.6 is 11.6 Å². The Kier molecular flexibility index (Phi) is 7.42. The molecule has 0 saturated carbocycles. The molecule has 0 heterocycles. The number of rotatable bonds is 8. The van der Waals surface area contributed by atoms with Crippen LogP contribution in [0, 0.1) is 0 Å². The van der Waals surface area contributed by atoms with E-state index in [0.29, 0.717) is 10.7 Å². The minimum absolute atomic E-state index is 0.0797. The maximum absolute atomic E-state index is 12.1. The smallest absolute Gasteiger partial charge is 0.260 e. The Morgan fingerprint density at radius 2 is 1.93 bits per heavy atom. The average Bonchev–Trinajstić information content (AvgIpc) is 2.60. The summed E-state index contributed by atoms with van der Waals surface area (Å²) in [6.45, 7) is 3.46. The molecule has 1 N–H and O–H groups in total. The highest BCUT2D eigenvalue weighted by Crippen LogP contribution is 2.21. The highest BCUT2D eigenvalue weighted by atomic mass is 35.5. The van der Waals surface area contributed by atoms with Crippen molar-refractivity contribution in [2.75, 3.05) is 17.1 Å². The molecule has 0 unspecified atom stereocenters. The fraction of sp³-hybridized carbons (Fsp3) is 0.263. The van der Waals surface area contributed by atoms with Crippen LogP contribution in [0.5, 0.6) is 5.75 Å². The van der Waals surface area contributed by atoms with E-state index in [0.717, 1.165) is 21.9 Å². The molecule has 0 aliphatic heterocycles. The summed E-state index contributed by atoms with van der Waals surface area (Å²) in [5.41, 5.74) is 3.38. The molecule has 0 bridgehead atoms. The molecule has 150 valence electrons. The number of nitrogens with zero attached hydrogens (tertiary/aromatic N) is 2. The summed E-state index contributed by atoms with van der Waals surface area (Å²) in [4.78, 5) is 12.1. The molecule has 2 rings (SSSR count). The molecule has 0 radical (unpaired) electrons. The van der Waals surface area contributed by atoms with Crippen LogP contribution in [0.4, 0.5) is 5.69 Å². The van der Waals surface area contributed by atoms with Gasteiger partial charge >= 0.3 is 0 Å². The first-order chi connectivity index (χ1) is 13.1. The number of hydrogen-bond acceptors (Lipinski definition) is 5. The van der Waals surface area contributed by atoms with Crippen molar-refractivity contribution in [2.24, 2.45) is 5.10 Å². The van der Waals surface area contributed by atoms with Crippen molar-refractivity contribution in [1.29, 1.82) is 0 Å². The van der Waals surface area contributed by atoms with E-state index in [1.54, 1.807) is 42.5 Å². The van der Waals surface area contributed by atoms with Crippen LogP contribution < -0.4 is 14.5 Å². The SMILES string of the molecule is CC(C)Oc1ccc(/C=N\NC(=O)CN(c2cccc(Cl)c2)S(C)(=O)=O)cc1. The van der Waals surface area contributed by atoms with Gasteiger partial charge in [-0.2, -0.15) is 5.10 Å². The molecule has 0 spiro atoms. The first-order valence-electron chi connectivity index (χ1n) is 8.47. The second kappa shape index (κ2) is 9.57. The van der Waals surface area contributed by atoms with Crippen LogP contribution in [0.1, 0.15) is 19.4 Å². The van der Waals surface area contributed by atoms with E-state index in [1.807, 2.05) is 13.8 Å². The molecule has 2 aromatic rings. The molecule has 28 heavy (non-hydrogen) atoms. The number of carbonyl (C=O) groups is 1. The molecule has 2 aromatic carbocycles. The number of amides is 1. The summed E-state index contributed by atoms with van der Waals surface area (Å²) in [6, 6.07) is 13.4. The third kappa shape index (κ3) is 6.86. The molecule has 0 atom stereocenters. The van der Waals surface area contributed by atoms with Gasteiger partial charge in [0.05, 0.1) is 24.3 Å². The van der Waals surface area contributed by atoms with Gasteiger partial charge in [-0.05, 0) is 61.9 Å². The van der Waals surface area contributed by atoms with E-state index in [4.69, 9.17) is 16.3 Å². The minimum Gasteiger partial charge on any atom is -0.491 e. The number of hydrogen-bond donors (Lipinski definition) is 1. The molecular formula is C19H22ClN3O4S. The molecule has 0 aliphatic rings. The standard InChI is InChI=1S/C19H22ClN3O4S/c1-14(2)27-18-9-7-15(8-10-18)12-21-22-19(24)13-23(28(3,25)26)17-6-4-5-16(20)11-17/h4-12,14H,13H2,1-3H3,(H,22,24)/b21-12-. The first-order valence-corrected chi connectivity index (χ1v) is 10.7. The lowest BCUT2D eigenvalue weighted by Gasteiger charge is -2.21. The maximum Gasteiger partial charge on any atom is 0.260 e.